The summed E-state index contributed by atoms with van der Waals surface area (Å²) in [7, 11) is 1.43. The summed E-state index contributed by atoms with van der Waals surface area (Å²) in [6.45, 7) is 5.92. The van der Waals surface area contributed by atoms with Gasteiger partial charge in [0.2, 0.25) is 0 Å². The number of hydrogen-bond acceptors (Lipinski definition) is 6. The van der Waals surface area contributed by atoms with Crippen LogP contribution in [0, 0.1) is 0 Å². The summed E-state index contributed by atoms with van der Waals surface area (Å²) in [5.41, 5.74) is 0. The first-order valence-corrected chi connectivity index (χ1v) is 24.5. The molecule has 10 heteroatoms. The fourth-order valence-corrected chi connectivity index (χ4v) is 8.22. The van der Waals surface area contributed by atoms with Crippen molar-refractivity contribution in [3.63, 3.8) is 0 Å². The minimum absolute atomic E-state index is 0.0633. The van der Waals surface area contributed by atoms with Crippen LogP contribution in [0.4, 0.5) is 0 Å². The average Bonchev–Trinajstić information content (AvgIpc) is 3.12. The molecule has 0 aromatic carbocycles. The molecule has 328 valence electrons. The molecule has 0 aliphatic carbocycles. The Morgan fingerprint density at radius 1 is 0.564 bits per heavy atom. The van der Waals surface area contributed by atoms with Crippen molar-refractivity contribution in [2.45, 2.75) is 232 Å². The topological polar surface area (TPSA) is 130 Å². The molecule has 9 nitrogen and oxygen atoms in total. The van der Waals surface area contributed by atoms with E-state index in [1.165, 1.54) is 135 Å². The van der Waals surface area contributed by atoms with Crippen molar-refractivity contribution in [2.24, 2.45) is 0 Å². The fraction of sp³-hybridized carbons (Fsp3) is 0.911. The van der Waals surface area contributed by atoms with Gasteiger partial charge in [0.15, 0.2) is 11.9 Å². The maximum absolute atomic E-state index is 12.1. The summed E-state index contributed by atoms with van der Waals surface area (Å²) in [6.07, 6.45) is 40.3. The Morgan fingerprint density at radius 3 is 1.22 bits per heavy atom. The lowest BCUT2D eigenvalue weighted by molar-refractivity contribution is -0.883. The van der Waals surface area contributed by atoms with E-state index in [4.69, 9.17) is 19.3 Å². The molecule has 3 N–H and O–H groups in total. The van der Waals surface area contributed by atoms with Crippen LogP contribution < -0.4 is 0 Å². The van der Waals surface area contributed by atoms with Gasteiger partial charge >= 0.3 is 19.5 Å². The predicted octanol–water partition coefficient (Wildman–Crippen LogP) is 12.3. The number of aliphatic hydroxyl groups is 1. The van der Waals surface area contributed by atoms with Gasteiger partial charge in [-0.2, -0.15) is 0 Å². The van der Waals surface area contributed by atoms with E-state index in [1.54, 1.807) is 28.1 Å². The molecule has 0 aromatic rings. The highest BCUT2D eigenvalue weighted by molar-refractivity contribution is 7.52. The van der Waals surface area contributed by atoms with Crippen molar-refractivity contribution in [1.82, 2.24) is 0 Å². The number of ether oxygens (including phenoxy) is 2. The summed E-state index contributed by atoms with van der Waals surface area (Å²) < 4.78 is 21.8. The highest BCUT2D eigenvalue weighted by Gasteiger charge is 2.38. The zero-order valence-electron chi connectivity index (χ0n) is 36.9. The summed E-state index contributed by atoms with van der Waals surface area (Å²) in [5.74, 6) is -1.17. The molecule has 0 saturated carbocycles. The second-order valence-corrected chi connectivity index (χ2v) is 18.4. The number of aliphatic hydroxyl groups excluding tert-OH is 1. The number of quaternary nitrogens is 1. The van der Waals surface area contributed by atoms with E-state index in [2.05, 4.69) is 26.0 Å². The molecule has 2 atom stereocenters. The molecule has 0 amide bonds. The van der Waals surface area contributed by atoms with E-state index >= 15 is 0 Å². The Kier molecular flexibility index (Phi) is 40.2. The van der Waals surface area contributed by atoms with E-state index < -0.39 is 19.5 Å². The second kappa shape index (κ2) is 39.6. The molecule has 0 heterocycles. The van der Waals surface area contributed by atoms with E-state index in [9.17, 15) is 19.3 Å². The van der Waals surface area contributed by atoms with Gasteiger partial charge in [-0.1, -0.05) is 174 Å². The van der Waals surface area contributed by atoms with Crippen LogP contribution in [0.2, 0.25) is 0 Å². The normalized spacial score (nSPS) is 13.0. The molecule has 0 radical (unpaired) electrons. The Bertz CT molecular complexity index is 932. The predicted molar refractivity (Wildman–Crippen MR) is 231 cm³/mol. The minimum Gasteiger partial charge on any atom is -0.462 e. The summed E-state index contributed by atoms with van der Waals surface area (Å²) in [4.78, 5) is 42.0. The van der Waals surface area contributed by atoms with E-state index in [-0.39, 0.29) is 25.2 Å². The number of carbonyl (C=O) groups excluding carboxylic acids is 2. The highest BCUT2D eigenvalue weighted by atomic mass is 31.2. The van der Waals surface area contributed by atoms with Crippen LogP contribution in [0.15, 0.2) is 12.2 Å². The van der Waals surface area contributed by atoms with Gasteiger partial charge in [-0.25, -0.2) is 0 Å². The van der Waals surface area contributed by atoms with Crippen molar-refractivity contribution in [1.29, 1.82) is 0 Å². The molecular formula is C45H91NO8P+. The van der Waals surface area contributed by atoms with Gasteiger partial charge in [-0.3, -0.25) is 14.2 Å². The van der Waals surface area contributed by atoms with Gasteiger partial charge in [0.25, 0.3) is 0 Å². The lowest BCUT2D eigenvalue weighted by Gasteiger charge is -2.33. The summed E-state index contributed by atoms with van der Waals surface area (Å²) >= 11 is 0. The lowest BCUT2D eigenvalue weighted by atomic mass is 10.0. The largest absolute Gasteiger partial charge is 0.462 e. The first kappa shape index (κ1) is 55.8. The van der Waals surface area contributed by atoms with Crippen molar-refractivity contribution in [3.05, 3.63) is 12.2 Å². The van der Waals surface area contributed by atoms with Crippen LogP contribution in [0.5, 0.6) is 0 Å². The fourth-order valence-electron chi connectivity index (χ4n) is 6.84. The van der Waals surface area contributed by atoms with Crippen LogP contribution in [-0.4, -0.2) is 77.6 Å². The Labute approximate surface area is 339 Å². The number of hydrogen-bond donors (Lipinski definition) is 3. The molecule has 0 rings (SSSR count). The number of unbranched alkanes of at least 4 members (excludes halogenated alkanes) is 25. The molecule has 0 aromatic heterocycles. The lowest BCUT2D eigenvalue weighted by Crippen LogP contribution is -2.44. The van der Waals surface area contributed by atoms with E-state index in [0.29, 0.717) is 23.7 Å². The van der Waals surface area contributed by atoms with Crippen molar-refractivity contribution >= 4 is 19.5 Å². The SMILES string of the molecule is CCC([N+](C)(C)C)P(=O)(O)O.CCCCCCCC/C=C\CCCCCCCC(=O)O[C@@H](CO)COC(=O)CCCCCCCCCCCCCCCCC. The molecule has 1 unspecified atom stereocenters. The highest BCUT2D eigenvalue weighted by Crippen LogP contribution is 2.45. The van der Waals surface area contributed by atoms with Gasteiger partial charge in [0.05, 0.1) is 27.7 Å². The van der Waals surface area contributed by atoms with Gasteiger partial charge < -0.3 is 28.9 Å². The number of rotatable bonds is 38. The second-order valence-electron chi connectivity index (χ2n) is 16.6. The summed E-state index contributed by atoms with van der Waals surface area (Å²) in [5, 5.41) is 9.53. The van der Waals surface area contributed by atoms with Gasteiger partial charge in [-0.05, 0) is 38.5 Å². The molecular weight excluding hydrogens is 713 g/mol. The Balaban J connectivity index is 0. The van der Waals surface area contributed by atoms with Crippen LogP contribution >= 0.6 is 7.60 Å². The van der Waals surface area contributed by atoms with Gasteiger partial charge in [0.1, 0.15) is 6.61 Å². The minimum atomic E-state index is -3.93. The molecule has 0 fully saturated rings. The smallest absolute Gasteiger partial charge is 0.382 e. The van der Waals surface area contributed by atoms with Gasteiger partial charge in [0, 0.05) is 19.3 Å². The molecule has 0 aliphatic heterocycles. The summed E-state index contributed by atoms with van der Waals surface area (Å²) in [6, 6.07) is 0. The third kappa shape index (κ3) is 40.7. The van der Waals surface area contributed by atoms with E-state index in [0.717, 1.165) is 44.9 Å². The van der Waals surface area contributed by atoms with Crippen LogP contribution in [0.25, 0.3) is 0 Å². The first-order valence-electron chi connectivity index (χ1n) is 22.8. The van der Waals surface area contributed by atoms with Crippen molar-refractivity contribution in [3.8, 4) is 0 Å². The monoisotopic (exact) mass is 805 g/mol. The maximum Gasteiger partial charge on any atom is 0.382 e. The van der Waals surface area contributed by atoms with Crippen molar-refractivity contribution in [2.75, 3.05) is 34.4 Å². The zero-order chi connectivity index (χ0) is 41.5. The molecule has 55 heavy (non-hydrogen) atoms. The average molecular weight is 805 g/mol. The van der Waals surface area contributed by atoms with E-state index in [1.807, 2.05) is 0 Å². The Hall–Kier alpha value is -1.25. The standard InChI is InChI=1S/C39H74O5.C6H16NO3P/c1-3-5-7-9-11-13-15-17-19-21-23-25-27-29-31-33-38(41)43-36-37(35-40)44-39(42)34-32-30-28-26-24-22-20-18-16-14-12-10-8-6-4-2;1-5-6(7(2,3)4)11(8,9)10/h18,20,37,40H,3-17,19,21-36H2,1-2H3;6H,5H2,1-4H3,(H-,8,9,10)/p+1/b20-18-;/t37-;/m0./s1. The third-order valence-electron chi connectivity index (χ3n) is 10.2. The number of nitrogens with zero attached hydrogens (tertiary/aromatic N) is 1. The molecule has 0 spiro atoms. The number of carbonyl (C=O) groups is 2. The quantitative estimate of drug-likeness (QED) is 0.0185. The van der Waals surface area contributed by atoms with Crippen LogP contribution in [-0.2, 0) is 23.6 Å². The molecule has 0 bridgehead atoms. The number of esters is 2. The molecule has 0 saturated heterocycles. The third-order valence-corrected chi connectivity index (χ3v) is 12.0. The number of allylic oxidation sites excluding steroid dienone is 2. The van der Waals surface area contributed by atoms with Crippen LogP contribution in [0.3, 0.4) is 0 Å². The molecule has 0 aliphatic rings. The van der Waals surface area contributed by atoms with Gasteiger partial charge in [-0.15, -0.1) is 0 Å². The Morgan fingerprint density at radius 2 is 0.909 bits per heavy atom. The maximum atomic E-state index is 12.1. The first-order chi connectivity index (χ1) is 26.3. The zero-order valence-corrected chi connectivity index (χ0v) is 37.8. The van der Waals surface area contributed by atoms with Crippen molar-refractivity contribution < 1.29 is 43.0 Å². The van der Waals surface area contributed by atoms with Crippen LogP contribution in [0.1, 0.15) is 220 Å².